The number of nitrogens with zero attached hydrogens (tertiary/aromatic N) is 3. The molecule has 14 heavy (non-hydrogen) atoms. The van der Waals surface area contributed by atoms with Gasteiger partial charge in [0.05, 0.1) is 18.8 Å². The topological polar surface area (TPSA) is 38.2 Å². The Morgan fingerprint density at radius 2 is 2.29 bits per heavy atom. The van der Waals surface area contributed by atoms with Crippen molar-refractivity contribution in [2.45, 2.75) is 18.6 Å². The summed E-state index contributed by atoms with van der Waals surface area (Å²) in [6.07, 6.45) is 4.73. The number of rotatable bonds is 1. The second kappa shape index (κ2) is 3.07. The Bertz CT molecular complexity index is 360. The lowest BCUT2D eigenvalue weighted by molar-refractivity contribution is 0.0989. The van der Waals surface area contributed by atoms with E-state index in [0.717, 1.165) is 25.4 Å². The van der Waals surface area contributed by atoms with Gasteiger partial charge in [0.2, 0.25) is 0 Å². The number of ether oxygens (including phenoxy) is 1. The molecule has 4 nitrogen and oxygen atoms in total. The molecular weight excluding hydrogens is 202 g/mol. The summed E-state index contributed by atoms with van der Waals surface area (Å²) in [5.41, 5.74) is 0. The SMILES string of the molecule is Clc1nccnc1N1CC2CC1CO2. The van der Waals surface area contributed by atoms with Gasteiger partial charge in [0.1, 0.15) is 0 Å². The summed E-state index contributed by atoms with van der Waals surface area (Å²) in [6, 6.07) is 0.439. The average Bonchev–Trinajstić information content (AvgIpc) is 2.79. The highest BCUT2D eigenvalue weighted by atomic mass is 35.5. The maximum Gasteiger partial charge on any atom is 0.171 e. The Morgan fingerprint density at radius 1 is 1.43 bits per heavy atom. The van der Waals surface area contributed by atoms with Crippen molar-refractivity contribution in [1.29, 1.82) is 0 Å². The molecule has 74 valence electrons. The summed E-state index contributed by atoms with van der Waals surface area (Å²) in [7, 11) is 0. The number of fused-ring (bicyclic) bond motifs is 2. The van der Waals surface area contributed by atoms with Gasteiger partial charge in [-0.25, -0.2) is 9.97 Å². The van der Waals surface area contributed by atoms with E-state index < -0.39 is 0 Å². The molecule has 0 saturated carbocycles. The van der Waals surface area contributed by atoms with Crippen molar-refractivity contribution in [2.75, 3.05) is 18.1 Å². The van der Waals surface area contributed by atoms with Gasteiger partial charge in [-0.1, -0.05) is 11.6 Å². The van der Waals surface area contributed by atoms with Gasteiger partial charge in [0.25, 0.3) is 0 Å². The van der Waals surface area contributed by atoms with Gasteiger partial charge in [0.15, 0.2) is 11.0 Å². The molecule has 2 aliphatic rings. The van der Waals surface area contributed by atoms with E-state index in [-0.39, 0.29) is 0 Å². The molecule has 1 aromatic heterocycles. The molecule has 2 bridgehead atoms. The van der Waals surface area contributed by atoms with Crippen molar-refractivity contribution in [3.8, 4) is 0 Å². The first kappa shape index (κ1) is 8.44. The molecule has 0 N–H and O–H groups in total. The zero-order valence-corrected chi connectivity index (χ0v) is 8.31. The van der Waals surface area contributed by atoms with Crippen LogP contribution in [-0.2, 0) is 4.74 Å². The van der Waals surface area contributed by atoms with E-state index in [1.165, 1.54) is 0 Å². The molecule has 1 aromatic rings. The summed E-state index contributed by atoms with van der Waals surface area (Å²) >= 11 is 5.99. The molecular formula is C9H10ClN3O. The van der Waals surface area contributed by atoms with Crippen LogP contribution in [0.5, 0.6) is 0 Å². The monoisotopic (exact) mass is 211 g/mol. The van der Waals surface area contributed by atoms with Crippen LogP contribution >= 0.6 is 11.6 Å². The Kier molecular flexibility index (Phi) is 1.85. The molecule has 0 aliphatic carbocycles. The molecule has 0 amide bonds. The molecule has 0 spiro atoms. The van der Waals surface area contributed by atoms with Gasteiger partial charge in [-0.05, 0) is 6.42 Å². The Balaban J connectivity index is 1.93. The van der Waals surface area contributed by atoms with Gasteiger partial charge in [-0.15, -0.1) is 0 Å². The van der Waals surface area contributed by atoms with Crippen LogP contribution in [-0.4, -0.2) is 35.3 Å². The Labute approximate surface area is 86.9 Å². The number of anilines is 1. The maximum atomic E-state index is 5.99. The van der Waals surface area contributed by atoms with E-state index in [1.807, 2.05) is 0 Å². The van der Waals surface area contributed by atoms with Gasteiger partial charge in [0, 0.05) is 18.9 Å². The molecule has 3 rings (SSSR count). The van der Waals surface area contributed by atoms with E-state index in [4.69, 9.17) is 16.3 Å². The summed E-state index contributed by atoms with van der Waals surface area (Å²) in [6.45, 7) is 1.68. The van der Waals surface area contributed by atoms with E-state index in [0.29, 0.717) is 17.3 Å². The average molecular weight is 212 g/mol. The van der Waals surface area contributed by atoms with Crippen LogP contribution in [0.3, 0.4) is 0 Å². The summed E-state index contributed by atoms with van der Waals surface area (Å²) in [5, 5.41) is 0.486. The van der Waals surface area contributed by atoms with Crippen molar-refractivity contribution in [3.05, 3.63) is 17.5 Å². The highest BCUT2D eigenvalue weighted by Crippen LogP contribution is 2.33. The predicted molar refractivity (Wildman–Crippen MR) is 52.5 cm³/mol. The smallest absolute Gasteiger partial charge is 0.171 e. The van der Waals surface area contributed by atoms with Crippen LogP contribution in [0.15, 0.2) is 12.4 Å². The van der Waals surface area contributed by atoms with Crippen LogP contribution < -0.4 is 4.90 Å². The largest absolute Gasteiger partial charge is 0.374 e. The third kappa shape index (κ3) is 1.18. The Morgan fingerprint density at radius 3 is 2.93 bits per heavy atom. The van der Waals surface area contributed by atoms with Crippen LogP contribution in [0.4, 0.5) is 5.82 Å². The number of hydrogen-bond donors (Lipinski definition) is 0. The first-order chi connectivity index (χ1) is 6.84. The molecule has 2 unspecified atom stereocenters. The van der Waals surface area contributed by atoms with Crippen molar-refractivity contribution >= 4 is 17.4 Å². The van der Waals surface area contributed by atoms with E-state index in [1.54, 1.807) is 12.4 Å². The fourth-order valence-corrected chi connectivity index (χ4v) is 2.38. The summed E-state index contributed by atoms with van der Waals surface area (Å²) < 4.78 is 5.51. The van der Waals surface area contributed by atoms with Crippen LogP contribution in [0.2, 0.25) is 5.15 Å². The second-order valence-electron chi connectivity index (χ2n) is 3.67. The number of aromatic nitrogens is 2. The maximum absolute atomic E-state index is 5.99. The normalized spacial score (nSPS) is 29.9. The number of halogens is 1. The van der Waals surface area contributed by atoms with Gasteiger partial charge >= 0.3 is 0 Å². The minimum atomic E-state index is 0.359. The standard InChI is InChI=1S/C9H10ClN3O/c10-8-9(12-2-1-11-8)13-4-7-3-6(13)5-14-7/h1-2,6-7H,3-5H2. The highest BCUT2D eigenvalue weighted by Gasteiger charge is 2.40. The lowest BCUT2D eigenvalue weighted by Gasteiger charge is -2.27. The highest BCUT2D eigenvalue weighted by molar-refractivity contribution is 6.31. The van der Waals surface area contributed by atoms with Crippen LogP contribution in [0, 0.1) is 0 Å². The van der Waals surface area contributed by atoms with Crippen molar-refractivity contribution in [1.82, 2.24) is 9.97 Å². The fourth-order valence-electron chi connectivity index (χ4n) is 2.17. The van der Waals surface area contributed by atoms with Crippen LogP contribution in [0.25, 0.3) is 0 Å². The predicted octanol–water partition coefficient (Wildman–Crippen LogP) is 1.11. The molecule has 5 heteroatoms. The zero-order valence-electron chi connectivity index (χ0n) is 7.56. The summed E-state index contributed by atoms with van der Waals surface area (Å²) in [5.74, 6) is 0.796. The third-order valence-electron chi connectivity index (χ3n) is 2.81. The summed E-state index contributed by atoms with van der Waals surface area (Å²) in [4.78, 5) is 10.5. The van der Waals surface area contributed by atoms with Crippen molar-refractivity contribution < 1.29 is 4.74 Å². The van der Waals surface area contributed by atoms with E-state index >= 15 is 0 Å². The van der Waals surface area contributed by atoms with E-state index in [9.17, 15) is 0 Å². The lowest BCUT2D eigenvalue weighted by atomic mass is 10.2. The van der Waals surface area contributed by atoms with E-state index in [2.05, 4.69) is 14.9 Å². The quantitative estimate of drug-likeness (QED) is 0.698. The minimum absolute atomic E-state index is 0.359. The lowest BCUT2D eigenvalue weighted by Crippen LogP contribution is -2.37. The molecule has 2 saturated heterocycles. The van der Waals surface area contributed by atoms with Gasteiger partial charge < -0.3 is 9.64 Å². The molecule has 3 heterocycles. The molecule has 0 aromatic carbocycles. The second-order valence-corrected chi connectivity index (χ2v) is 4.03. The van der Waals surface area contributed by atoms with Crippen molar-refractivity contribution in [3.63, 3.8) is 0 Å². The van der Waals surface area contributed by atoms with Gasteiger partial charge in [-0.3, -0.25) is 0 Å². The Hall–Kier alpha value is -0.870. The van der Waals surface area contributed by atoms with Crippen molar-refractivity contribution in [2.24, 2.45) is 0 Å². The molecule has 0 radical (unpaired) electrons. The first-order valence-corrected chi connectivity index (χ1v) is 5.07. The number of hydrogen-bond acceptors (Lipinski definition) is 4. The minimum Gasteiger partial charge on any atom is -0.374 e. The van der Waals surface area contributed by atoms with Crippen LogP contribution in [0.1, 0.15) is 6.42 Å². The first-order valence-electron chi connectivity index (χ1n) is 4.69. The molecule has 2 fully saturated rings. The third-order valence-corrected chi connectivity index (χ3v) is 3.07. The molecule has 2 atom stereocenters. The number of morpholine rings is 1. The van der Waals surface area contributed by atoms with Gasteiger partial charge in [-0.2, -0.15) is 0 Å². The molecule has 2 aliphatic heterocycles. The zero-order chi connectivity index (χ0) is 9.54. The fraction of sp³-hybridized carbons (Fsp3) is 0.556.